The van der Waals surface area contributed by atoms with E-state index in [4.69, 9.17) is 18.6 Å². The summed E-state index contributed by atoms with van der Waals surface area (Å²) >= 11 is 0. The lowest BCUT2D eigenvalue weighted by Crippen LogP contribution is -2.31. The fourth-order valence-corrected chi connectivity index (χ4v) is 4.05. The molecule has 6 nitrogen and oxygen atoms in total. The first-order valence-electron chi connectivity index (χ1n) is 10.3. The minimum absolute atomic E-state index is 0.129. The zero-order chi connectivity index (χ0) is 21.4. The number of rotatable bonds is 5. The summed E-state index contributed by atoms with van der Waals surface area (Å²) in [4.78, 5) is 15.3. The monoisotopic (exact) mass is 417 g/mol. The maximum atomic E-state index is 13.1. The maximum absolute atomic E-state index is 13.1. The van der Waals surface area contributed by atoms with Crippen molar-refractivity contribution in [3.05, 3.63) is 82.5 Å². The first-order chi connectivity index (χ1) is 15.1. The lowest BCUT2D eigenvalue weighted by atomic mass is 10.00. The van der Waals surface area contributed by atoms with Gasteiger partial charge in [0.25, 0.3) is 0 Å². The number of para-hydroxylation sites is 1. The first-order valence-corrected chi connectivity index (χ1v) is 10.3. The summed E-state index contributed by atoms with van der Waals surface area (Å²) < 4.78 is 23.2. The van der Waals surface area contributed by atoms with E-state index in [0.717, 1.165) is 33.9 Å². The molecule has 158 valence electrons. The third-order valence-corrected chi connectivity index (χ3v) is 5.47. The van der Waals surface area contributed by atoms with Crippen LogP contribution < -0.4 is 14.2 Å². The number of fused-ring (bicyclic) bond motifs is 2. The topological polar surface area (TPSA) is 61.1 Å². The van der Waals surface area contributed by atoms with Gasteiger partial charge in [-0.15, -0.1) is 0 Å². The van der Waals surface area contributed by atoms with Gasteiger partial charge in [0, 0.05) is 23.2 Å². The van der Waals surface area contributed by atoms with E-state index in [2.05, 4.69) is 4.90 Å². The van der Waals surface area contributed by atoms with Gasteiger partial charge in [0.15, 0.2) is 5.76 Å². The molecule has 2 aromatic carbocycles. The number of carbonyl (C=O) groups is 1. The quantitative estimate of drug-likeness (QED) is 0.547. The van der Waals surface area contributed by atoms with Gasteiger partial charge < -0.3 is 18.6 Å². The number of hydrogen-bond donors (Lipinski definition) is 0. The van der Waals surface area contributed by atoms with Gasteiger partial charge in [-0.1, -0.05) is 18.2 Å². The van der Waals surface area contributed by atoms with E-state index in [1.807, 2.05) is 56.3 Å². The Morgan fingerprint density at radius 3 is 2.84 bits per heavy atom. The van der Waals surface area contributed by atoms with Crippen molar-refractivity contribution in [2.24, 2.45) is 0 Å². The van der Waals surface area contributed by atoms with Crippen LogP contribution in [0.5, 0.6) is 17.2 Å². The Morgan fingerprint density at radius 1 is 1.16 bits per heavy atom. The number of benzene rings is 2. The zero-order valence-corrected chi connectivity index (χ0v) is 17.5. The molecular weight excluding hydrogens is 394 g/mol. The standard InChI is InChI=1S/C25H23NO5/c1-3-28-21-9-5-4-7-17(21)12-22-23(27)20-11-18-13-26(14-19-8-6-10-29-19)15-30-24(18)16(2)25(20)31-22/h4-12H,3,13-15H2,1-2H3/b22-12-. The Labute approximate surface area is 180 Å². The van der Waals surface area contributed by atoms with E-state index in [-0.39, 0.29) is 5.78 Å². The Balaban J connectivity index is 1.44. The van der Waals surface area contributed by atoms with Crippen molar-refractivity contribution in [2.75, 3.05) is 13.3 Å². The summed E-state index contributed by atoms with van der Waals surface area (Å²) in [7, 11) is 0. The molecule has 3 heterocycles. The molecule has 0 amide bonds. The van der Waals surface area contributed by atoms with Crippen molar-refractivity contribution in [1.82, 2.24) is 4.90 Å². The molecule has 1 aromatic heterocycles. The molecule has 0 N–H and O–H groups in total. The van der Waals surface area contributed by atoms with E-state index in [1.54, 1.807) is 12.3 Å². The number of Topliss-reactive ketones (excluding diaryl/α,β-unsaturated/α-hetero) is 1. The van der Waals surface area contributed by atoms with Gasteiger partial charge in [0.05, 0.1) is 25.0 Å². The second-order valence-electron chi connectivity index (χ2n) is 7.62. The van der Waals surface area contributed by atoms with E-state index in [9.17, 15) is 4.79 Å². The molecule has 0 fully saturated rings. The largest absolute Gasteiger partial charge is 0.493 e. The number of hydrogen-bond acceptors (Lipinski definition) is 6. The summed E-state index contributed by atoms with van der Waals surface area (Å²) in [6.45, 7) is 6.18. The Hall–Kier alpha value is -3.51. The van der Waals surface area contributed by atoms with E-state index in [1.165, 1.54) is 0 Å². The molecule has 6 heteroatoms. The van der Waals surface area contributed by atoms with Crippen LogP contribution in [0.2, 0.25) is 0 Å². The van der Waals surface area contributed by atoms with E-state index in [0.29, 0.717) is 43.5 Å². The van der Waals surface area contributed by atoms with Crippen molar-refractivity contribution in [2.45, 2.75) is 26.9 Å². The fourth-order valence-electron chi connectivity index (χ4n) is 4.05. The molecular formula is C25H23NO5. The Bertz CT molecular complexity index is 1160. The smallest absolute Gasteiger partial charge is 0.231 e. The van der Waals surface area contributed by atoms with Crippen molar-refractivity contribution < 1.29 is 23.4 Å². The third kappa shape index (κ3) is 3.59. The molecule has 0 saturated heterocycles. The average Bonchev–Trinajstić information content (AvgIpc) is 3.39. The Morgan fingerprint density at radius 2 is 2.03 bits per heavy atom. The van der Waals surface area contributed by atoms with Crippen LogP contribution in [0.3, 0.4) is 0 Å². The maximum Gasteiger partial charge on any atom is 0.231 e. The summed E-state index contributed by atoms with van der Waals surface area (Å²) in [6.07, 6.45) is 3.41. The lowest BCUT2D eigenvalue weighted by Gasteiger charge is -2.29. The summed E-state index contributed by atoms with van der Waals surface area (Å²) in [6, 6.07) is 13.3. The van der Waals surface area contributed by atoms with Crippen LogP contribution in [0.15, 0.2) is 58.9 Å². The van der Waals surface area contributed by atoms with Crippen molar-refractivity contribution in [3.63, 3.8) is 0 Å². The number of carbonyl (C=O) groups excluding carboxylic acids is 1. The third-order valence-electron chi connectivity index (χ3n) is 5.47. The van der Waals surface area contributed by atoms with Crippen LogP contribution in [0, 0.1) is 6.92 Å². The SMILES string of the molecule is CCOc1ccccc1/C=C1\Oc2c(cc3c(c2C)OCN(Cc2ccco2)C3)C1=O. The highest BCUT2D eigenvalue weighted by atomic mass is 16.5. The predicted octanol–water partition coefficient (Wildman–Crippen LogP) is 4.96. The second-order valence-corrected chi connectivity index (χ2v) is 7.62. The van der Waals surface area contributed by atoms with Gasteiger partial charge in [-0.2, -0.15) is 0 Å². The van der Waals surface area contributed by atoms with Crippen LogP contribution >= 0.6 is 0 Å². The minimum Gasteiger partial charge on any atom is -0.493 e. The first kappa shape index (κ1) is 19.5. The summed E-state index contributed by atoms with van der Waals surface area (Å²) in [5.41, 5.74) is 3.20. The van der Waals surface area contributed by atoms with Crippen LogP contribution in [-0.4, -0.2) is 24.0 Å². The van der Waals surface area contributed by atoms with Crippen molar-refractivity contribution in [1.29, 1.82) is 0 Å². The van der Waals surface area contributed by atoms with E-state index < -0.39 is 0 Å². The molecule has 0 spiro atoms. The highest BCUT2D eigenvalue weighted by Crippen LogP contribution is 2.43. The van der Waals surface area contributed by atoms with E-state index >= 15 is 0 Å². The molecule has 5 rings (SSSR count). The molecule has 31 heavy (non-hydrogen) atoms. The Kier molecular flexibility index (Phi) is 5.00. The van der Waals surface area contributed by atoms with Gasteiger partial charge in [-0.05, 0) is 44.2 Å². The minimum atomic E-state index is -0.129. The van der Waals surface area contributed by atoms with Gasteiger partial charge in [0.1, 0.15) is 29.7 Å². The molecule has 2 aliphatic heterocycles. The summed E-state index contributed by atoms with van der Waals surface area (Å²) in [5, 5.41) is 0. The second kappa shape index (κ2) is 7.96. The summed E-state index contributed by atoms with van der Waals surface area (Å²) in [5.74, 6) is 3.12. The molecule has 0 unspecified atom stereocenters. The van der Waals surface area contributed by atoms with Crippen LogP contribution in [0.25, 0.3) is 6.08 Å². The predicted molar refractivity (Wildman–Crippen MR) is 115 cm³/mol. The van der Waals surface area contributed by atoms with Crippen LogP contribution in [0.4, 0.5) is 0 Å². The van der Waals surface area contributed by atoms with Gasteiger partial charge in [0.2, 0.25) is 5.78 Å². The molecule has 0 radical (unpaired) electrons. The molecule has 0 aliphatic carbocycles. The molecule has 0 saturated carbocycles. The highest BCUT2D eigenvalue weighted by molar-refractivity contribution is 6.15. The highest BCUT2D eigenvalue weighted by Gasteiger charge is 2.33. The molecule has 3 aromatic rings. The lowest BCUT2D eigenvalue weighted by molar-refractivity contribution is 0.0813. The normalized spacial score (nSPS) is 16.6. The number of ketones is 1. The van der Waals surface area contributed by atoms with Crippen molar-refractivity contribution >= 4 is 11.9 Å². The molecule has 0 atom stereocenters. The zero-order valence-electron chi connectivity index (χ0n) is 17.5. The number of allylic oxidation sites excluding steroid dienone is 1. The molecule has 0 bridgehead atoms. The van der Waals surface area contributed by atoms with Crippen molar-refractivity contribution in [3.8, 4) is 17.2 Å². The fraction of sp³-hybridized carbons (Fsp3) is 0.240. The number of ether oxygens (including phenoxy) is 3. The number of nitrogens with zero attached hydrogens (tertiary/aromatic N) is 1. The van der Waals surface area contributed by atoms with Gasteiger partial charge in [-0.3, -0.25) is 9.69 Å². The van der Waals surface area contributed by atoms with Gasteiger partial charge >= 0.3 is 0 Å². The molecule has 2 aliphatic rings. The van der Waals surface area contributed by atoms with Crippen LogP contribution in [-0.2, 0) is 13.1 Å². The number of furan rings is 1. The van der Waals surface area contributed by atoms with Gasteiger partial charge in [-0.25, -0.2) is 0 Å². The average molecular weight is 417 g/mol. The van der Waals surface area contributed by atoms with Crippen LogP contribution in [0.1, 0.15) is 39.7 Å².